The first-order valence-corrected chi connectivity index (χ1v) is 9.85. The number of hydrogen-bond acceptors (Lipinski definition) is 5. The van der Waals surface area contributed by atoms with Crippen LogP contribution < -0.4 is 5.49 Å². The Kier molecular flexibility index (Phi) is 4.57. The van der Waals surface area contributed by atoms with E-state index in [1.165, 1.54) is 23.1 Å². The van der Waals surface area contributed by atoms with Gasteiger partial charge in [-0.1, -0.05) is 60.3 Å². The summed E-state index contributed by atoms with van der Waals surface area (Å²) in [5, 5.41) is 21.4. The van der Waals surface area contributed by atoms with Gasteiger partial charge in [0.05, 0.1) is 17.2 Å². The molecule has 4 rings (SSSR count). The Morgan fingerprint density at radius 1 is 1.08 bits per heavy atom. The second kappa shape index (κ2) is 7.16. The predicted octanol–water partition coefficient (Wildman–Crippen LogP) is 4.85. The SMILES string of the molecule is N#CCSc1nc2scc(-c3ccccc3)c2c(=N)n1-c1ccccc1. The van der Waals surface area contributed by atoms with Gasteiger partial charge in [-0.05, 0) is 17.7 Å². The van der Waals surface area contributed by atoms with Gasteiger partial charge in [-0.2, -0.15) is 5.26 Å². The molecule has 0 radical (unpaired) electrons. The lowest BCUT2D eigenvalue weighted by molar-refractivity contribution is 0.793. The van der Waals surface area contributed by atoms with Gasteiger partial charge >= 0.3 is 0 Å². The zero-order valence-electron chi connectivity index (χ0n) is 13.7. The van der Waals surface area contributed by atoms with E-state index in [1.807, 2.05) is 65.2 Å². The molecule has 0 aliphatic carbocycles. The van der Waals surface area contributed by atoms with Crippen LogP contribution in [-0.4, -0.2) is 15.3 Å². The van der Waals surface area contributed by atoms with E-state index in [-0.39, 0.29) is 0 Å². The maximum absolute atomic E-state index is 8.97. The van der Waals surface area contributed by atoms with Crippen LogP contribution in [-0.2, 0) is 0 Å². The number of nitrogens with zero attached hydrogens (tertiary/aromatic N) is 3. The summed E-state index contributed by atoms with van der Waals surface area (Å²) in [5.74, 6) is 0.293. The maximum Gasteiger partial charge on any atom is 0.176 e. The number of hydrogen-bond donors (Lipinski definition) is 1. The number of rotatable bonds is 4. The molecule has 4 nitrogen and oxygen atoms in total. The molecule has 0 saturated carbocycles. The lowest BCUT2D eigenvalue weighted by Crippen LogP contribution is -2.21. The van der Waals surface area contributed by atoms with Crippen molar-refractivity contribution in [2.75, 3.05) is 5.75 Å². The zero-order chi connectivity index (χ0) is 17.9. The van der Waals surface area contributed by atoms with Gasteiger partial charge in [0.2, 0.25) is 0 Å². The fourth-order valence-electron chi connectivity index (χ4n) is 2.84. The molecule has 0 fully saturated rings. The highest BCUT2D eigenvalue weighted by Gasteiger charge is 2.16. The van der Waals surface area contributed by atoms with Crippen molar-refractivity contribution in [3.8, 4) is 22.9 Å². The summed E-state index contributed by atoms with van der Waals surface area (Å²) in [6, 6.07) is 22.0. The van der Waals surface area contributed by atoms with E-state index < -0.39 is 0 Å². The second-order valence-electron chi connectivity index (χ2n) is 5.56. The molecule has 0 aliphatic heterocycles. The summed E-state index contributed by atoms with van der Waals surface area (Å²) in [6.45, 7) is 0. The topological polar surface area (TPSA) is 65.5 Å². The van der Waals surface area contributed by atoms with Crippen LogP contribution in [0.4, 0.5) is 0 Å². The number of benzene rings is 2. The third-order valence-corrected chi connectivity index (χ3v) is 5.66. The lowest BCUT2D eigenvalue weighted by atomic mass is 10.1. The van der Waals surface area contributed by atoms with Crippen LogP contribution in [0.5, 0.6) is 0 Å². The van der Waals surface area contributed by atoms with Gasteiger partial charge in [-0.25, -0.2) is 4.98 Å². The molecule has 6 heteroatoms. The minimum Gasteiger partial charge on any atom is -0.283 e. The van der Waals surface area contributed by atoms with Crippen molar-refractivity contribution >= 4 is 33.3 Å². The molecular weight excluding hydrogens is 360 g/mol. The Labute approximate surface area is 158 Å². The summed E-state index contributed by atoms with van der Waals surface area (Å²) >= 11 is 2.89. The fourth-order valence-corrected chi connectivity index (χ4v) is 4.52. The van der Waals surface area contributed by atoms with Crippen molar-refractivity contribution in [2.45, 2.75) is 5.16 Å². The molecule has 26 heavy (non-hydrogen) atoms. The fraction of sp³-hybridized carbons (Fsp3) is 0.0500. The first-order valence-electron chi connectivity index (χ1n) is 7.99. The number of para-hydroxylation sites is 1. The van der Waals surface area contributed by atoms with Crippen LogP contribution in [0.3, 0.4) is 0 Å². The molecule has 4 aromatic rings. The molecule has 0 aliphatic rings. The minimum absolute atomic E-state index is 0.293. The number of nitriles is 1. The van der Waals surface area contributed by atoms with E-state index in [0.29, 0.717) is 16.4 Å². The average molecular weight is 374 g/mol. The minimum atomic E-state index is 0.293. The number of fused-ring (bicyclic) bond motifs is 1. The largest absolute Gasteiger partial charge is 0.283 e. The van der Waals surface area contributed by atoms with Crippen molar-refractivity contribution in [2.24, 2.45) is 0 Å². The van der Waals surface area contributed by atoms with Crippen LogP contribution >= 0.6 is 23.1 Å². The van der Waals surface area contributed by atoms with Gasteiger partial charge in [0.15, 0.2) is 5.16 Å². The highest BCUT2D eigenvalue weighted by Crippen LogP contribution is 2.32. The van der Waals surface area contributed by atoms with Crippen LogP contribution in [0.2, 0.25) is 0 Å². The van der Waals surface area contributed by atoms with Gasteiger partial charge in [0.1, 0.15) is 10.3 Å². The highest BCUT2D eigenvalue weighted by molar-refractivity contribution is 7.99. The number of thioether (sulfide) groups is 1. The normalized spacial score (nSPS) is 10.7. The van der Waals surface area contributed by atoms with Crippen molar-refractivity contribution in [3.05, 3.63) is 71.5 Å². The van der Waals surface area contributed by atoms with E-state index in [1.54, 1.807) is 0 Å². The summed E-state index contributed by atoms with van der Waals surface area (Å²) < 4.78 is 1.82. The van der Waals surface area contributed by atoms with Crippen molar-refractivity contribution in [1.29, 1.82) is 10.7 Å². The molecular formula is C20H14N4S2. The van der Waals surface area contributed by atoms with Gasteiger partial charge < -0.3 is 0 Å². The van der Waals surface area contributed by atoms with E-state index in [0.717, 1.165) is 27.0 Å². The van der Waals surface area contributed by atoms with Crippen molar-refractivity contribution in [1.82, 2.24) is 9.55 Å². The predicted molar refractivity (Wildman–Crippen MR) is 107 cm³/mol. The first kappa shape index (κ1) is 16.6. The van der Waals surface area contributed by atoms with E-state index >= 15 is 0 Å². The molecule has 2 heterocycles. The average Bonchev–Trinajstić information content (AvgIpc) is 3.12. The Morgan fingerprint density at radius 2 is 1.77 bits per heavy atom. The maximum atomic E-state index is 8.97. The van der Waals surface area contributed by atoms with E-state index in [2.05, 4.69) is 11.4 Å². The Bertz CT molecular complexity index is 1160. The third kappa shape index (κ3) is 2.92. The van der Waals surface area contributed by atoms with Crippen LogP contribution in [0, 0.1) is 16.7 Å². The van der Waals surface area contributed by atoms with Crippen LogP contribution in [0.1, 0.15) is 0 Å². The molecule has 1 N–H and O–H groups in total. The first-order chi connectivity index (χ1) is 12.8. The molecule has 0 saturated heterocycles. The van der Waals surface area contributed by atoms with Gasteiger partial charge in [0, 0.05) is 16.6 Å². The summed E-state index contributed by atoms with van der Waals surface area (Å²) in [6.07, 6.45) is 0. The third-order valence-electron chi connectivity index (χ3n) is 3.99. The molecule has 0 unspecified atom stereocenters. The van der Waals surface area contributed by atoms with Gasteiger partial charge in [-0.3, -0.25) is 9.98 Å². The Morgan fingerprint density at radius 3 is 2.46 bits per heavy atom. The van der Waals surface area contributed by atoms with Crippen LogP contribution in [0.15, 0.2) is 71.2 Å². The van der Waals surface area contributed by atoms with Crippen molar-refractivity contribution in [3.63, 3.8) is 0 Å². The molecule has 0 spiro atoms. The number of nitrogens with one attached hydrogen (secondary N) is 1. The standard InChI is InChI=1S/C20H14N4S2/c21-11-12-25-20-23-19-17(16(13-26-19)14-7-3-1-4-8-14)18(22)24(20)15-9-5-2-6-10-15/h1-10,13,22H,12H2. The van der Waals surface area contributed by atoms with Crippen LogP contribution in [0.25, 0.3) is 27.0 Å². The summed E-state index contributed by atoms with van der Waals surface area (Å²) in [5.41, 5.74) is 3.36. The lowest BCUT2D eigenvalue weighted by Gasteiger charge is -2.13. The highest BCUT2D eigenvalue weighted by atomic mass is 32.2. The van der Waals surface area contributed by atoms with E-state index in [4.69, 9.17) is 15.7 Å². The molecule has 126 valence electrons. The Balaban J connectivity index is 2.02. The second-order valence-corrected chi connectivity index (χ2v) is 7.36. The quantitative estimate of drug-likeness (QED) is 0.410. The molecule has 0 atom stereocenters. The summed E-state index contributed by atoms with van der Waals surface area (Å²) in [4.78, 5) is 5.59. The molecule has 0 amide bonds. The van der Waals surface area contributed by atoms with Gasteiger partial charge in [-0.15, -0.1) is 11.3 Å². The molecule has 2 aromatic carbocycles. The smallest absolute Gasteiger partial charge is 0.176 e. The number of aromatic nitrogens is 2. The monoisotopic (exact) mass is 374 g/mol. The molecule has 0 bridgehead atoms. The van der Waals surface area contributed by atoms with E-state index in [9.17, 15) is 0 Å². The zero-order valence-corrected chi connectivity index (χ0v) is 15.3. The van der Waals surface area contributed by atoms with Crippen molar-refractivity contribution < 1.29 is 0 Å². The van der Waals surface area contributed by atoms with Gasteiger partial charge in [0.25, 0.3) is 0 Å². The number of thiophene rings is 1. The summed E-state index contributed by atoms with van der Waals surface area (Å²) in [7, 11) is 0. The molecule has 2 aromatic heterocycles. The Hall–Kier alpha value is -2.88.